The molecule has 0 radical (unpaired) electrons. The Bertz CT molecular complexity index is 768. The maximum Gasteiger partial charge on any atom is 0.211 e. The van der Waals surface area contributed by atoms with Crippen LogP contribution in [0.3, 0.4) is 0 Å². The minimum atomic E-state index is -0.678. The predicted molar refractivity (Wildman–Crippen MR) is 80.3 cm³/mol. The van der Waals surface area contributed by atoms with Gasteiger partial charge in [0.25, 0.3) is 0 Å². The molecule has 0 saturated carbocycles. The molecule has 8 heteroatoms. The fraction of sp³-hybridized carbons (Fsp3) is 0.167. The number of aromatic nitrogens is 6. The van der Waals surface area contributed by atoms with E-state index in [1.54, 1.807) is 4.68 Å². The van der Waals surface area contributed by atoms with Crippen molar-refractivity contribution >= 4 is 25.4 Å². The number of aryl methyl sites for hydroxylation is 2. The first kappa shape index (κ1) is 12.8. The molecule has 1 aromatic carbocycles. The summed E-state index contributed by atoms with van der Waals surface area (Å²) in [5.41, 5.74) is 2.16. The van der Waals surface area contributed by atoms with Gasteiger partial charge in [-0.25, -0.2) is 0 Å². The molecule has 2 heterocycles. The molecule has 20 heavy (non-hydrogen) atoms. The van der Waals surface area contributed by atoms with Gasteiger partial charge in [-0.15, -0.1) is 0 Å². The monoisotopic (exact) mass is 286 g/mol. The predicted octanol–water partition coefficient (Wildman–Crippen LogP) is -0.781. The van der Waals surface area contributed by atoms with Crippen molar-refractivity contribution in [3.05, 3.63) is 47.5 Å². The number of tetrazole rings is 1. The first-order chi connectivity index (χ1) is 9.66. The van der Waals surface area contributed by atoms with Crippen molar-refractivity contribution in [2.45, 2.75) is 0 Å². The molecule has 0 aliphatic heterocycles. The topological polar surface area (TPSA) is 44.4 Å². The lowest BCUT2D eigenvalue weighted by atomic mass is 9.94. The molecule has 0 saturated heterocycles. The number of nitrogens with zero attached hydrogens (tertiary/aromatic N) is 6. The van der Waals surface area contributed by atoms with E-state index in [9.17, 15) is 0 Å². The van der Waals surface area contributed by atoms with E-state index < -0.39 is 7.41 Å². The van der Waals surface area contributed by atoms with Crippen LogP contribution in [0.4, 0.5) is 0 Å². The van der Waals surface area contributed by atoms with Gasteiger partial charge in [0.2, 0.25) is 7.41 Å². The Balaban J connectivity index is 1.98. The zero-order valence-electron chi connectivity index (χ0n) is 11.6. The van der Waals surface area contributed by atoms with Crippen molar-refractivity contribution in [1.29, 1.82) is 0 Å². The van der Waals surface area contributed by atoms with Gasteiger partial charge in [-0.3, -0.25) is 9.13 Å². The van der Waals surface area contributed by atoms with Gasteiger partial charge in [-0.1, -0.05) is 23.4 Å². The molecule has 0 aliphatic carbocycles. The molecule has 3 rings (SSSR count). The molecular weight excluding hydrogens is 271 g/mol. The summed E-state index contributed by atoms with van der Waals surface area (Å²) in [5.74, 6) is 0. The van der Waals surface area contributed by atoms with Crippen LogP contribution in [0, 0.1) is 4.77 Å². The largest absolute Gasteiger partial charge is 0.389 e. The highest BCUT2D eigenvalue weighted by Gasteiger charge is 2.09. The van der Waals surface area contributed by atoms with Crippen LogP contribution in [-0.2, 0) is 14.1 Å². The number of benzene rings is 1. The SMILES string of the molecule is Cn1cc[n+](C)c1[BH2-]n1nnn(-c2ccccc2)c1=S. The van der Waals surface area contributed by atoms with Gasteiger partial charge in [-0.05, 0) is 29.6 Å². The Morgan fingerprint density at radius 3 is 2.60 bits per heavy atom. The van der Waals surface area contributed by atoms with Crippen LogP contribution in [0.5, 0.6) is 0 Å². The van der Waals surface area contributed by atoms with Gasteiger partial charge in [0.1, 0.15) is 12.4 Å². The highest BCUT2D eigenvalue weighted by Crippen LogP contribution is 2.04. The molecule has 0 atom stereocenters. The molecule has 2 aromatic heterocycles. The van der Waals surface area contributed by atoms with Crippen molar-refractivity contribution in [2.75, 3.05) is 0 Å². The zero-order chi connectivity index (χ0) is 14.1. The van der Waals surface area contributed by atoms with Crippen molar-refractivity contribution in [3.8, 4) is 5.69 Å². The van der Waals surface area contributed by atoms with E-state index >= 15 is 0 Å². The average molecular weight is 286 g/mol. The molecule has 0 N–H and O–H groups in total. The Morgan fingerprint density at radius 1 is 1.20 bits per heavy atom. The number of imidazole rings is 1. The average Bonchev–Trinajstić information content (AvgIpc) is 2.98. The third-order valence-electron chi connectivity index (χ3n) is 3.67. The Morgan fingerprint density at radius 2 is 1.95 bits per heavy atom. The van der Waals surface area contributed by atoms with Crippen LogP contribution < -0.4 is 10.3 Å². The van der Waals surface area contributed by atoms with Gasteiger partial charge in [0.15, 0.2) is 4.77 Å². The lowest BCUT2D eigenvalue weighted by Crippen LogP contribution is -2.51. The number of para-hydroxylation sites is 1. The molecule has 0 aliphatic rings. The Hall–Kier alpha value is -2.22. The van der Waals surface area contributed by atoms with Gasteiger partial charge >= 0.3 is 0 Å². The summed E-state index contributed by atoms with van der Waals surface area (Å²) < 4.78 is 8.38. The van der Waals surface area contributed by atoms with Crippen molar-refractivity contribution in [3.63, 3.8) is 0 Å². The number of hydrogen-bond acceptors (Lipinski definition) is 3. The van der Waals surface area contributed by atoms with Crippen LogP contribution in [0.1, 0.15) is 0 Å². The van der Waals surface area contributed by atoms with E-state index in [4.69, 9.17) is 12.2 Å². The van der Waals surface area contributed by atoms with Gasteiger partial charge in [-0.2, -0.15) is 4.68 Å². The van der Waals surface area contributed by atoms with Crippen LogP contribution in [-0.4, -0.2) is 31.7 Å². The summed E-state index contributed by atoms with van der Waals surface area (Å²) in [7, 11) is 3.39. The molecule has 0 spiro atoms. The normalized spacial score (nSPS) is 10.9. The van der Waals surface area contributed by atoms with Gasteiger partial charge < -0.3 is 4.59 Å². The highest BCUT2D eigenvalue weighted by atomic mass is 32.1. The quantitative estimate of drug-likeness (QED) is 0.360. The molecule has 0 amide bonds. The first-order valence-corrected chi connectivity index (χ1v) is 6.93. The summed E-state index contributed by atoms with van der Waals surface area (Å²) in [4.78, 5) is 0. The molecule has 0 fully saturated rings. The number of rotatable bonds is 3. The lowest BCUT2D eigenvalue weighted by molar-refractivity contribution is -0.653. The summed E-state index contributed by atoms with van der Waals surface area (Å²) in [5, 5.41) is 8.37. The molecular formula is C12H15BN6S. The fourth-order valence-corrected chi connectivity index (χ4v) is 2.62. The molecule has 0 bridgehead atoms. The second-order valence-corrected chi connectivity index (χ2v) is 5.29. The van der Waals surface area contributed by atoms with Crippen molar-refractivity contribution in [1.82, 2.24) is 24.3 Å². The highest BCUT2D eigenvalue weighted by molar-refractivity contribution is 7.71. The first-order valence-electron chi connectivity index (χ1n) is 6.52. The maximum atomic E-state index is 5.48. The smallest absolute Gasteiger partial charge is 0.211 e. The summed E-state index contributed by atoms with van der Waals surface area (Å²) in [6.45, 7) is 0. The molecule has 3 aromatic rings. The van der Waals surface area contributed by atoms with Crippen LogP contribution >= 0.6 is 12.2 Å². The van der Waals surface area contributed by atoms with Crippen molar-refractivity contribution in [2.24, 2.45) is 14.1 Å². The van der Waals surface area contributed by atoms with E-state index in [-0.39, 0.29) is 0 Å². The van der Waals surface area contributed by atoms with Gasteiger partial charge in [0, 0.05) is 0 Å². The van der Waals surface area contributed by atoms with E-state index in [2.05, 4.69) is 19.6 Å². The number of hydrogen-bond donors (Lipinski definition) is 0. The van der Waals surface area contributed by atoms with Crippen LogP contribution in [0.2, 0.25) is 0 Å². The van der Waals surface area contributed by atoms with Crippen LogP contribution in [0.25, 0.3) is 5.69 Å². The zero-order valence-corrected chi connectivity index (χ0v) is 12.4. The van der Waals surface area contributed by atoms with E-state index in [1.807, 2.05) is 61.4 Å². The van der Waals surface area contributed by atoms with E-state index in [0.717, 1.165) is 5.69 Å². The summed E-state index contributed by atoms with van der Waals surface area (Å²) in [6.07, 6.45) is 4.06. The summed E-state index contributed by atoms with van der Waals surface area (Å²) >= 11 is 5.48. The van der Waals surface area contributed by atoms with Crippen molar-refractivity contribution < 1.29 is 4.57 Å². The molecule has 0 unspecified atom stereocenters. The molecule has 102 valence electrons. The standard InChI is InChI=1S/C12H15BN6S/c1-16-8-9-17(2)11(16)13-19-12(20)18(14-15-19)10-6-4-3-5-7-10/h3-9H,13H2,1-2H3. The summed E-state index contributed by atoms with van der Waals surface area (Å²) in [6, 6.07) is 9.83. The maximum absolute atomic E-state index is 5.48. The third kappa shape index (κ3) is 2.18. The lowest BCUT2D eigenvalue weighted by Gasteiger charge is -2.06. The van der Waals surface area contributed by atoms with Crippen LogP contribution in [0.15, 0.2) is 42.7 Å². The third-order valence-corrected chi connectivity index (χ3v) is 4.11. The van der Waals surface area contributed by atoms with E-state index in [0.29, 0.717) is 4.77 Å². The van der Waals surface area contributed by atoms with E-state index in [1.165, 1.54) is 5.72 Å². The molecule has 6 nitrogen and oxygen atoms in total. The Labute approximate surface area is 122 Å². The minimum absolute atomic E-state index is 0.636. The second-order valence-electron chi connectivity index (χ2n) is 4.92. The second kappa shape index (κ2) is 5.05. The minimum Gasteiger partial charge on any atom is -0.389 e. The Kier molecular flexibility index (Phi) is 3.23. The van der Waals surface area contributed by atoms with Gasteiger partial charge in [0.05, 0.1) is 25.5 Å². The fourth-order valence-electron chi connectivity index (χ4n) is 2.35.